The van der Waals surface area contributed by atoms with Crippen molar-refractivity contribution < 1.29 is 18.0 Å². The second kappa shape index (κ2) is 7.21. The summed E-state index contributed by atoms with van der Waals surface area (Å²) in [5.41, 5.74) is 0.582. The van der Waals surface area contributed by atoms with Gasteiger partial charge in [0.25, 0.3) is 0 Å². The van der Waals surface area contributed by atoms with E-state index < -0.39 is 11.6 Å². The molecule has 25 heavy (non-hydrogen) atoms. The van der Waals surface area contributed by atoms with E-state index in [0.29, 0.717) is 5.82 Å². The predicted octanol–water partition coefficient (Wildman–Crippen LogP) is 3.89. The molecule has 3 aromatic rings. The van der Waals surface area contributed by atoms with E-state index in [9.17, 15) is 13.6 Å². The highest BCUT2D eigenvalue weighted by Gasteiger charge is 2.16. The van der Waals surface area contributed by atoms with Gasteiger partial charge in [0.2, 0.25) is 5.91 Å². The molecule has 0 bridgehead atoms. The molecule has 2 aromatic heterocycles. The molecule has 0 aliphatic heterocycles. The van der Waals surface area contributed by atoms with Gasteiger partial charge in [-0.15, -0.1) is 0 Å². The van der Waals surface area contributed by atoms with Crippen LogP contribution >= 0.6 is 0 Å². The van der Waals surface area contributed by atoms with Gasteiger partial charge in [-0.05, 0) is 30.7 Å². The summed E-state index contributed by atoms with van der Waals surface area (Å²) >= 11 is 0. The third-order valence-electron chi connectivity index (χ3n) is 3.60. The summed E-state index contributed by atoms with van der Waals surface area (Å²) in [6, 6.07) is 7.18. The SMILES string of the molecule is Cc1cccnc1NC(=O)CCc1ncc(-c2c(F)cccc2F)o1. The van der Waals surface area contributed by atoms with Crippen molar-refractivity contribution in [3.8, 4) is 11.3 Å². The topological polar surface area (TPSA) is 68.0 Å². The zero-order valence-corrected chi connectivity index (χ0v) is 13.4. The highest BCUT2D eigenvalue weighted by molar-refractivity contribution is 5.90. The number of carbonyl (C=O) groups excluding carboxylic acids is 1. The molecule has 0 unspecified atom stereocenters. The van der Waals surface area contributed by atoms with E-state index in [1.807, 2.05) is 13.0 Å². The van der Waals surface area contributed by atoms with Crippen LogP contribution in [0.3, 0.4) is 0 Å². The smallest absolute Gasteiger partial charge is 0.226 e. The Morgan fingerprint density at radius 3 is 2.64 bits per heavy atom. The fraction of sp³-hybridized carbons (Fsp3) is 0.167. The van der Waals surface area contributed by atoms with Crippen LogP contribution in [0.2, 0.25) is 0 Å². The number of rotatable bonds is 5. The van der Waals surface area contributed by atoms with Crippen LogP contribution in [0.15, 0.2) is 47.1 Å². The van der Waals surface area contributed by atoms with Crippen molar-refractivity contribution in [1.82, 2.24) is 9.97 Å². The Bertz CT molecular complexity index is 889. The maximum absolute atomic E-state index is 13.7. The van der Waals surface area contributed by atoms with Gasteiger partial charge in [-0.2, -0.15) is 0 Å². The number of amides is 1. The quantitative estimate of drug-likeness (QED) is 0.763. The van der Waals surface area contributed by atoms with Gasteiger partial charge in [-0.3, -0.25) is 4.79 Å². The molecular formula is C18H15F2N3O2. The fourth-order valence-corrected chi connectivity index (χ4v) is 2.31. The normalized spacial score (nSPS) is 10.7. The first-order valence-electron chi connectivity index (χ1n) is 7.65. The Hall–Kier alpha value is -3.09. The summed E-state index contributed by atoms with van der Waals surface area (Å²) in [4.78, 5) is 20.0. The summed E-state index contributed by atoms with van der Waals surface area (Å²) in [6.07, 6.45) is 3.15. The lowest BCUT2D eigenvalue weighted by Crippen LogP contribution is -2.14. The molecule has 2 heterocycles. The average Bonchev–Trinajstić information content (AvgIpc) is 3.04. The molecule has 7 heteroatoms. The number of hydrogen-bond donors (Lipinski definition) is 1. The van der Waals surface area contributed by atoms with Gasteiger partial charge in [-0.1, -0.05) is 12.1 Å². The van der Waals surface area contributed by atoms with Crippen LogP contribution in [0.5, 0.6) is 0 Å². The number of aryl methyl sites for hydroxylation is 2. The molecular weight excluding hydrogens is 328 g/mol. The molecule has 5 nitrogen and oxygen atoms in total. The number of hydrogen-bond acceptors (Lipinski definition) is 4. The van der Waals surface area contributed by atoms with Crippen LogP contribution in [-0.2, 0) is 11.2 Å². The van der Waals surface area contributed by atoms with Crippen molar-refractivity contribution in [2.75, 3.05) is 5.32 Å². The lowest BCUT2D eigenvalue weighted by molar-refractivity contribution is -0.116. The zero-order valence-electron chi connectivity index (χ0n) is 13.4. The largest absolute Gasteiger partial charge is 0.441 e. The first-order valence-corrected chi connectivity index (χ1v) is 7.65. The van der Waals surface area contributed by atoms with Crippen molar-refractivity contribution in [3.05, 3.63) is 65.8 Å². The van der Waals surface area contributed by atoms with Crippen LogP contribution in [0.25, 0.3) is 11.3 Å². The number of nitrogens with one attached hydrogen (secondary N) is 1. The van der Waals surface area contributed by atoms with Crippen LogP contribution in [-0.4, -0.2) is 15.9 Å². The van der Waals surface area contributed by atoms with Crippen molar-refractivity contribution in [1.29, 1.82) is 0 Å². The van der Waals surface area contributed by atoms with Gasteiger partial charge in [0.1, 0.15) is 17.5 Å². The maximum atomic E-state index is 13.7. The number of aromatic nitrogens is 2. The predicted molar refractivity (Wildman–Crippen MR) is 87.8 cm³/mol. The number of carbonyl (C=O) groups is 1. The summed E-state index contributed by atoms with van der Waals surface area (Å²) in [5, 5.41) is 2.70. The van der Waals surface area contributed by atoms with Gasteiger partial charge in [0.05, 0.1) is 11.8 Å². The average molecular weight is 343 g/mol. The second-order valence-corrected chi connectivity index (χ2v) is 5.43. The number of oxazole rings is 1. The van der Waals surface area contributed by atoms with E-state index in [1.54, 1.807) is 12.3 Å². The van der Waals surface area contributed by atoms with Gasteiger partial charge >= 0.3 is 0 Å². The van der Waals surface area contributed by atoms with Gasteiger partial charge < -0.3 is 9.73 Å². The summed E-state index contributed by atoms with van der Waals surface area (Å²) in [6.45, 7) is 1.84. The van der Waals surface area contributed by atoms with Crippen molar-refractivity contribution in [3.63, 3.8) is 0 Å². The standard InChI is InChI=1S/C18H15F2N3O2/c1-11-4-3-9-21-18(11)23-15(24)7-8-16-22-10-14(25-16)17-12(19)5-2-6-13(17)20/h2-6,9-10H,7-8H2,1H3,(H,21,23,24). The molecule has 0 aliphatic carbocycles. The Kier molecular flexibility index (Phi) is 4.83. The molecule has 0 spiro atoms. The molecule has 1 aromatic carbocycles. The highest BCUT2D eigenvalue weighted by Crippen LogP contribution is 2.26. The number of benzene rings is 1. The molecule has 1 amide bonds. The first-order chi connectivity index (χ1) is 12.0. The van der Waals surface area contributed by atoms with Crippen molar-refractivity contribution >= 4 is 11.7 Å². The van der Waals surface area contributed by atoms with Gasteiger partial charge in [-0.25, -0.2) is 18.7 Å². The molecule has 0 saturated heterocycles. The number of pyridine rings is 1. The van der Waals surface area contributed by atoms with Gasteiger partial charge in [0, 0.05) is 19.0 Å². The van der Waals surface area contributed by atoms with E-state index in [1.165, 1.54) is 12.3 Å². The van der Waals surface area contributed by atoms with E-state index in [4.69, 9.17) is 4.42 Å². The zero-order chi connectivity index (χ0) is 17.8. The molecule has 128 valence electrons. The molecule has 0 radical (unpaired) electrons. The van der Waals surface area contributed by atoms with Crippen LogP contribution in [0.4, 0.5) is 14.6 Å². The minimum absolute atomic E-state index is 0.00780. The lowest BCUT2D eigenvalue weighted by atomic mass is 10.1. The van der Waals surface area contributed by atoms with Crippen molar-refractivity contribution in [2.24, 2.45) is 0 Å². The summed E-state index contributed by atoms with van der Waals surface area (Å²) in [5.74, 6) is -0.998. The lowest BCUT2D eigenvalue weighted by Gasteiger charge is -2.05. The molecule has 0 fully saturated rings. The molecule has 1 N–H and O–H groups in total. The van der Waals surface area contributed by atoms with Crippen molar-refractivity contribution in [2.45, 2.75) is 19.8 Å². The number of nitrogens with zero attached hydrogens (tertiary/aromatic N) is 2. The molecule has 0 aliphatic rings. The Morgan fingerprint density at radius 1 is 1.16 bits per heavy atom. The molecule has 0 atom stereocenters. The Labute approximate surface area is 142 Å². The highest BCUT2D eigenvalue weighted by atomic mass is 19.1. The van der Waals surface area contributed by atoms with E-state index in [2.05, 4.69) is 15.3 Å². The maximum Gasteiger partial charge on any atom is 0.226 e. The summed E-state index contributed by atoms with van der Waals surface area (Å²) < 4.78 is 32.9. The molecule has 0 saturated carbocycles. The van der Waals surface area contributed by atoms with E-state index >= 15 is 0 Å². The van der Waals surface area contributed by atoms with E-state index in [0.717, 1.165) is 17.7 Å². The van der Waals surface area contributed by atoms with Crippen LogP contribution < -0.4 is 5.32 Å². The summed E-state index contributed by atoms with van der Waals surface area (Å²) in [7, 11) is 0. The fourth-order valence-electron chi connectivity index (χ4n) is 2.31. The number of anilines is 1. The third kappa shape index (κ3) is 3.88. The monoisotopic (exact) mass is 343 g/mol. The third-order valence-corrected chi connectivity index (χ3v) is 3.60. The van der Waals surface area contributed by atoms with Gasteiger partial charge in [0.15, 0.2) is 11.7 Å². The van der Waals surface area contributed by atoms with Crippen LogP contribution in [0, 0.1) is 18.6 Å². The first kappa shape index (κ1) is 16.8. The Morgan fingerprint density at radius 2 is 1.92 bits per heavy atom. The molecule has 3 rings (SSSR count). The minimum Gasteiger partial charge on any atom is -0.441 e. The number of halogens is 2. The minimum atomic E-state index is -0.730. The Balaban J connectivity index is 1.64. The van der Waals surface area contributed by atoms with E-state index in [-0.39, 0.29) is 36.0 Å². The van der Waals surface area contributed by atoms with Crippen LogP contribution in [0.1, 0.15) is 17.9 Å². The second-order valence-electron chi connectivity index (χ2n) is 5.43.